The van der Waals surface area contributed by atoms with Crippen LogP contribution in [0.5, 0.6) is 0 Å². The first-order valence-corrected chi connectivity index (χ1v) is 20.5. The molecule has 2 aromatic heterocycles. The van der Waals surface area contributed by atoms with E-state index in [2.05, 4.69) is 182 Å². The predicted molar refractivity (Wildman–Crippen MR) is 246 cm³/mol. The lowest BCUT2D eigenvalue weighted by Crippen LogP contribution is -2.28. The summed E-state index contributed by atoms with van der Waals surface area (Å²) in [4.78, 5) is 10.6. The fraction of sp³-hybridized carbons (Fsp3) is 0.0175. The van der Waals surface area contributed by atoms with Gasteiger partial charge in [-0.25, -0.2) is 9.97 Å². The molecule has 280 valence electrons. The number of furan rings is 1. The highest BCUT2D eigenvalue weighted by molar-refractivity contribution is 6.13. The molecule has 3 heteroatoms. The molecule has 9 aromatic carbocycles. The second kappa shape index (κ2) is 13.6. The summed E-state index contributed by atoms with van der Waals surface area (Å²) >= 11 is 0. The molecule has 0 spiro atoms. The minimum atomic E-state index is -0.478. The van der Waals surface area contributed by atoms with E-state index in [4.69, 9.17) is 14.4 Å². The van der Waals surface area contributed by atoms with Gasteiger partial charge in [0.15, 0.2) is 5.82 Å². The van der Waals surface area contributed by atoms with Crippen molar-refractivity contribution in [2.75, 3.05) is 0 Å². The zero-order chi connectivity index (χ0) is 39.6. The van der Waals surface area contributed by atoms with Crippen LogP contribution in [-0.2, 0) is 5.41 Å². The Morgan fingerprint density at radius 2 is 0.867 bits per heavy atom. The summed E-state index contributed by atoms with van der Waals surface area (Å²) in [5, 5.41) is 4.42. The van der Waals surface area contributed by atoms with Gasteiger partial charge in [-0.1, -0.05) is 200 Å². The van der Waals surface area contributed by atoms with Crippen molar-refractivity contribution >= 4 is 32.7 Å². The van der Waals surface area contributed by atoms with Crippen molar-refractivity contribution in [3.63, 3.8) is 0 Å². The highest BCUT2D eigenvalue weighted by Crippen LogP contribution is 2.58. The van der Waals surface area contributed by atoms with Crippen molar-refractivity contribution in [2.24, 2.45) is 0 Å². The number of hydrogen-bond acceptors (Lipinski definition) is 3. The summed E-state index contributed by atoms with van der Waals surface area (Å²) in [5.41, 5.74) is 16.0. The first kappa shape index (κ1) is 34.2. The Morgan fingerprint density at radius 1 is 0.350 bits per heavy atom. The molecule has 0 fully saturated rings. The monoisotopic (exact) mass is 764 g/mol. The molecule has 0 N–H and O–H groups in total. The maximum absolute atomic E-state index is 6.33. The van der Waals surface area contributed by atoms with E-state index in [1.54, 1.807) is 0 Å². The molecule has 0 bridgehead atoms. The quantitative estimate of drug-likeness (QED) is 0.169. The summed E-state index contributed by atoms with van der Waals surface area (Å²) in [5.74, 6) is 0.678. The minimum Gasteiger partial charge on any atom is -0.456 e. The molecule has 0 aliphatic heterocycles. The molecule has 12 rings (SSSR count). The molecule has 0 saturated heterocycles. The van der Waals surface area contributed by atoms with Gasteiger partial charge in [0, 0.05) is 27.5 Å². The highest BCUT2D eigenvalue weighted by Gasteiger charge is 2.46. The third-order valence-electron chi connectivity index (χ3n) is 12.4. The van der Waals surface area contributed by atoms with Gasteiger partial charge in [-0.05, 0) is 73.5 Å². The largest absolute Gasteiger partial charge is 0.456 e. The first-order valence-electron chi connectivity index (χ1n) is 20.5. The SMILES string of the molecule is c1ccc(-c2nc(-c3ccc(-c4cccc5c4-c4ccccc4C5(c4ccccc4)c4ccccc4)c4ccccc34)cc(-c3cccc4oc5ccccc5c34)n2)cc1. The molecule has 0 radical (unpaired) electrons. The van der Waals surface area contributed by atoms with Gasteiger partial charge in [-0.15, -0.1) is 0 Å². The average molecular weight is 765 g/mol. The summed E-state index contributed by atoms with van der Waals surface area (Å²) in [6.45, 7) is 0. The van der Waals surface area contributed by atoms with Gasteiger partial charge < -0.3 is 4.42 Å². The van der Waals surface area contributed by atoms with Crippen LogP contribution in [0.15, 0.2) is 223 Å². The smallest absolute Gasteiger partial charge is 0.160 e. The molecule has 60 heavy (non-hydrogen) atoms. The van der Waals surface area contributed by atoms with E-state index in [0.29, 0.717) is 5.82 Å². The number of rotatable bonds is 6. The Kier molecular flexibility index (Phi) is 7.76. The zero-order valence-corrected chi connectivity index (χ0v) is 32.6. The maximum atomic E-state index is 6.33. The number of fused-ring (bicyclic) bond motifs is 7. The predicted octanol–water partition coefficient (Wildman–Crippen LogP) is 14.6. The summed E-state index contributed by atoms with van der Waals surface area (Å²) in [6, 6.07) is 78.1. The van der Waals surface area contributed by atoms with Gasteiger partial charge in [-0.3, -0.25) is 0 Å². The van der Waals surface area contributed by atoms with Gasteiger partial charge in [0.05, 0.1) is 16.8 Å². The van der Waals surface area contributed by atoms with Crippen molar-refractivity contribution in [3.05, 3.63) is 241 Å². The highest BCUT2D eigenvalue weighted by atomic mass is 16.3. The van der Waals surface area contributed by atoms with Crippen LogP contribution < -0.4 is 0 Å². The van der Waals surface area contributed by atoms with E-state index in [1.807, 2.05) is 36.4 Å². The molecule has 0 unspecified atom stereocenters. The number of hydrogen-bond donors (Lipinski definition) is 0. The van der Waals surface area contributed by atoms with Crippen LogP contribution >= 0.6 is 0 Å². The Morgan fingerprint density at radius 3 is 1.62 bits per heavy atom. The Bertz CT molecular complexity index is 3380. The number of benzene rings is 9. The molecule has 1 aliphatic rings. The van der Waals surface area contributed by atoms with E-state index in [-0.39, 0.29) is 0 Å². The standard InChI is InChI=1S/C57H36N2O/c1-4-18-37(19-5-1)56-58-50(36-51(59-56)46-29-17-33-53-55(46)47-27-13-15-32-52(47)60-53)43-35-34-42(40-24-10-11-25-41(40)43)44-28-16-31-49-54(44)45-26-12-14-30-48(45)57(49,38-20-6-2-7-21-38)39-22-8-3-9-23-39/h1-36H. The second-order valence-corrected chi connectivity index (χ2v) is 15.6. The fourth-order valence-corrected chi connectivity index (χ4v) is 9.90. The van der Waals surface area contributed by atoms with Gasteiger partial charge in [0.2, 0.25) is 0 Å². The number of nitrogens with zero attached hydrogens (tertiary/aromatic N) is 2. The lowest BCUT2D eigenvalue weighted by molar-refractivity contribution is 0.669. The normalized spacial score (nSPS) is 12.8. The van der Waals surface area contributed by atoms with E-state index < -0.39 is 5.41 Å². The van der Waals surface area contributed by atoms with E-state index >= 15 is 0 Å². The number of aromatic nitrogens is 2. The molecule has 11 aromatic rings. The van der Waals surface area contributed by atoms with E-state index in [9.17, 15) is 0 Å². The van der Waals surface area contributed by atoms with Crippen molar-refractivity contribution in [1.82, 2.24) is 9.97 Å². The summed E-state index contributed by atoms with van der Waals surface area (Å²) < 4.78 is 6.33. The molecule has 0 amide bonds. The third-order valence-corrected chi connectivity index (χ3v) is 12.4. The molecule has 0 atom stereocenters. The molecule has 0 saturated carbocycles. The Labute approximate surface area is 347 Å². The molecule has 1 aliphatic carbocycles. The topological polar surface area (TPSA) is 38.9 Å². The van der Waals surface area contributed by atoms with Crippen LogP contribution in [0.4, 0.5) is 0 Å². The lowest BCUT2D eigenvalue weighted by Gasteiger charge is -2.34. The van der Waals surface area contributed by atoms with Crippen molar-refractivity contribution in [2.45, 2.75) is 5.41 Å². The first-order chi connectivity index (χ1) is 29.8. The van der Waals surface area contributed by atoms with Crippen LogP contribution in [0.3, 0.4) is 0 Å². The molecule has 3 nitrogen and oxygen atoms in total. The van der Waals surface area contributed by atoms with Crippen LogP contribution in [0, 0.1) is 0 Å². The van der Waals surface area contributed by atoms with Gasteiger partial charge in [-0.2, -0.15) is 0 Å². The fourth-order valence-electron chi connectivity index (χ4n) is 9.90. The van der Waals surface area contributed by atoms with Crippen LogP contribution in [0.25, 0.3) is 88.9 Å². The Balaban J connectivity index is 1.10. The van der Waals surface area contributed by atoms with Crippen molar-refractivity contribution < 1.29 is 4.42 Å². The average Bonchev–Trinajstić information content (AvgIpc) is 3.86. The van der Waals surface area contributed by atoms with Crippen LogP contribution in [0.2, 0.25) is 0 Å². The maximum Gasteiger partial charge on any atom is 0.160 e. The summed E-state index contributed by atoms with van der Waals surface area (Å²) in [7, 11) is 0. The molecular weight excluding hydrogens is 729 g/mol. The minimum absolute atomic E-state index is 0.478. The van der Waals surface area contributed by atoms with E-state index in [0.717, 1.165) is 55.4 Å². The summed E-state index contributed by atoms with van der Waals surface area (Å²) in [6.07, 6.45) is 0. The van der Waals surface area contributed by atoms with Gasteiger partial charge in [0.1, 0.15) is 11.2 Å². The molecular formula is C57H36N2O. The van der Waals surface area contributed by atoms with Gasteiger partial charge in [0.25, 0.3) is 0 Å². The second-order valence-electron chi connectivity index (χ2n) is 15.6. The Hall–Kier alpha value is -7.88. The van der Waals surface area contributed by atoms with Crippen molar-refractivity contribution in [1.29, 1.82) is 0 Å². The number of para-hydroxylation sites is 1. The van der Waals surface area contributed by atoms with Crippen molar-refractivity contribution in [3.8, 4) is 56.2 Å². The van der Waals surface area contributed by atoms with Crippen LogP contribution in [0.1, 0.15) is 22.3 Å². The van der Waals surface area contributed by atoms with E-state index in [1.165, 1.54) is 49.9 Å². The lowest BCUT2D eigenvalue weighted by atomic mass is 9.67. The van der Waals surface area contributed by atoms with Gasteiger partial charge >= 0.3 is 0 Å². The molecule has 2 heterocycles. The zero-order valence-electron chi connectivity index (χ0n) is 32.6. The van der Waals surface area contributed by atoms with Crippen LogP contribution in [-0.4, -0.2) is 9.97 Å². The third kappa shape index (κ3) is 5.09.